The highest BCUT2D eigenvalue weighted by atomic mass is 16.4. The summed E-state index contributed by atoms with van der Waals surface area (Å²) in [7, 11) is 0. The van der Waals surface area contributed by atoms with Gasteiger partial charge in [0.25, 0.3) is 5.91 Å². The van der Waals surface area contributed by atoms with Crippen LogP contribution in [0.5, 0.6) is 0 Å². The van der Waals surface area contributed by atoms with Crippen molar-refractivity contribution >= 4 is 53.2 Å². The van der Waals surface area contributed by atoms with Crippen LogP contribution in [-0.4, -0.2) is 90.3 Å². The number of aliphatic hydroxyl groups is 1. The Morgan fingerprint density at radius 1 is 1.14 bits per heavy atom. The lowest BCUT2D eigenvalue weighted by Gasteiger charge is -2.35. The smallest absolute Gasteiger partial charge is 0.305 e. The molecule has 0 fully saturated rings. The monoisotopic (exact) mass is 505 g/mol. The lowest BCUT2D eigenvalue weighted by Crippen LogP contribution is -2.56. The quantitative estimate of drug-likeness (QED) is 0.214. The molecule has 5 N–H and O–H groups in total. The molecule has 36 heavy (non-hydrogen) atoms. The highest BCUT2D eigenvalue weighted by Gasteiger charge is 2.35. The highest BCUT2D eigenvalue weighted by Crippen LogP contribution is 2.32. The molecule has 1 aliphatic heterocycles. The molecule has 1 aliphatic rings. The summed E-state index contributed by atoms with van der Waals surface area (Å²) in [5.41, 5.74) is 0.333. The number of aliphatic hydroxyl groups excluding tert-OH is 1. The van der Waals surface area contributed by atoms with Crippen LogP contribution in [0.15, 0.2) is 24.3 Å². The largest absolute Gasteiger partial charge is 0.481 e. The molecule has 2 atom stereocenters. The fourth-order valence-electron chi connectivity index (χ4n) is 3.54. The van der Waals surface area contributed by atoms with E-state index < -0.39 is 73.7 Å². The summed E-state index contributed by atoms with van der Waals surface area (Å²) >= 11 is 0. The second kappa shape index (κ2) is 12.9. The molecule has 194 valence electrons. The first-order valence-electron chi connectivity index (χ1n) is 10.9. The average Bonchev–Trinajstić information content (AvgIpc) is 2.83. The Hall–Kier alpha value is -4.33. The first-order chi connectivity index (χ1) is 17.1. The minimum absolute atomic E-state index is 0.0565. The van der Waals surface area contributed by atoms with Crippen molar-refractivity contribution in [1.82, 2.24) is 16.0 Å². The van der Waals surface area contributed by atoms with Crippen molar-refractivity contribution in [2.45, 2.75) is 31.8 Å². The fraction of sp³-hybridized carbons (Fsp3) is 0.409. The van der Waals surface area contributed by atoms with Gasteiger partial charge in [0.15, 0.2) is 0 Å². The summed E-state index contributed by atoms with van der Waals surface area (Å²) in [6.45, 7) is -0.761. The lowest BCUT2D eigenvalue weighted by atomic mass is 10.1. The molecule has 0 radical (unpaired) electrons. The van der Waals surface area contributed by atoms with E-state index >= 15 is 0 Å². The average molecular weight is 505 g/mol. The van der Waals surface area contributed by atoms with Crippen LogP contribution < -0.4 is 25.8 Å². The number of fused-ring (bicyclic) bond motifs is 1. The number of nitrogens with one attached hydrogen (secondary N) is 3. The van der Waals surface area contributed by atoms with E-state index in [-0.39, 0.29) is 30.6 Å². The number of anilines is 2. The number of amides is 5. The molecule has 0 unspecified atom stereocenters. The Morgan fingerprint density at radius 3 is 2.39 bits per heavy atom. The van der Waals surface area contributed by atoms with Crippen molar-refractivity contribution in [3.8, 4) is 0 Å². The van der Waals surface area contributed by atoms with Gasteiger partial charge in [-0.05, 0) is 18.6 Å². The van der Waals surface area contributed by atoms with Crippen molar-refractivity contribution in [1.29, 1.82) is 0 Å². The van der Waals surface area contributed by atoms with E-state index in [1.54, 1.807) is 12.1 Å². The summed E-state index contributed by atoms with van der Waals surface area (Å²) in [4.78, 5) is 86.3. The number of carboxylic acid groups (broad SMARTS) is 1. The molecule has 1 heterocycles. The standard InChI is InChI=1S/C22H27N5O9/c1-13(30)23-9-18(31)25-15-6-7-26(20(33)12-29)16-4-2-3-5-17(16)27(22(15)36)10-19(32)24-14(11-28)8-21(34)35/h2-5,11,14-15,29H,6-10,12H2,1H3,(H,23,30)(H,24,32)(H,25,31)(H,34,35)/t14-,15-/m0/s1. The normalized spacial score (nSPS) is 16.1. The Bertz CT molecular complexity index is 1040. The summed E-state index contributed by atoms with van der Waals surface area (Å²) in [6.07, 6.45) is -0.499. The van der Waals surface area contributed by atoms with Gasteiger partial charge in [-0.15, -0.1) is 0 Å². The zero-order valence-electron chi connectivity index (χ0n) is 19.4. The Labute approximate surface area is 205 Å². The van der Waals surface area contributed by atoms with Crippen LogP contribution in [-0.2, 0) is 33.6 Å². The number of nitrogens with zero attached hydrogens (tertiary/aromatic N) is 2. The van der Waals surface area contributed by atoms with Crippen molar-refractivity contribution < 1.29 is 43.8 Å². The van der Waals surface area contributed by atoms with Gasteiger partial charge in [0, 0.05) is 13.5 Å². The molecule has 0 bridgehead atoms. The van der Waals surface area contributed by atoms with Crippen LogP contribution in [0.25, 0.3) is 0 Å². The van der Waals surface area contributed by atoms with Crippen LogP contribution in [0.1, 0.15) is 19.8 Å². The third kappa shape index (κ3) is 7.59. The Balaban J connectivity index is 2.42. The number of carbonyl (C=O) groups is 7. The van der Waals surface area contributed by atoms with Crippen molar-refractivity contribution in [3.63, 3.8) is 0 Å². The molecule has 2 rings (SSSR count). The van der Waals surface area contributed by atoms with E-state index in [0.717, 1.165) is 4.90 Å². The molecular weight excluding hydrogens is 478 g/mol. The number of rotatable bonds is 10. The van der Waals surface area contributed by atoms with Gasteiger partial charge in [0.1, 0.15) is 25.5 Å². The number of carboxylic acids is 1. The minimum atomic E-state index is -1.34. The van der Waals surface area contributed by atoms with Crippen molar-refractivity contribution in [2.75, 3.05) is 36.0 Å². The van der Waals surface area contributed by atoms with Crippen LogP contribution in [0, 0.1) is 0 Å². The number of aldehydes is 1. The summed E-state index contributed by atoms with van der Waals surface area (Å²) in [6, 6.07) is 3.54. The van der Waals surface area contributed by atoms with Gasteiger partial charge in [-0.3, -0.25) is 33.7 Å². The maximum Gasteiger partial charge on any atom is 0.305 e. The number of hydrogen-bond donors (Lipinski definition) is 5. The first kappa shape index (κ1) is 27.9. The predicted molar refractivity (Wildman–Crippen MR) is 124 cm³/mol. The van der Waals surface area contributed by atoms with Crippen molar-refractivity contribution in [3.05, 3.63) is 24.3 Å². The zero-order chi connectivity index (χ0) is 26.8. The maximum atomic E-state index is 13.5. The summed E-state index contributed by atoms with van der Waals surface area (Å²) < 4.78 is 0. The number of benzene rings is 1. The number of hydrogen-bond acceptors (Lipinski definition) is 8. The van der Waals surface area contributed by atoms with E-state index in [2.05, 4.69) is 16.0 Å². The van der Waals surface area contributed by atoms with Gasteiger partial charge in [0.2, 0.25) is 23.6 Å². The molecule has 1 aromatic carbocycles. The van der Waals surface area contributed by atoms with Gasteiger partial charge in [-0.2, -0.15) is 0 Å². The minimum Gasteiger partial charge on any atom is -0.481 e. The first-order valence-corrected chi connectivity index (χ1v) is 10.9. The van der Waals surface area contributed by atoms with Gasteiger partial charge >= 0.3 is 5.97 Å². The highest BCUT2D eigenvalue weighted by molar-refractivity contribution is 6.08. The number of carbonyl (C=O) groups excluding carboxylic acids is 6. The molecule has 14 heteroatoms. The van der Waals surface area contributed by atoms with Gasteiger partial charge in [-0.1, -0.05) is 12.1 Å². The van der Waals surface area contributed by atoms with Crippen LogP contribution >= 0.6 is 0 Å². The van der Waals surface area contributed by atoms with Gasteiger partial charge in [0.05, 0.1) is 30.4 Å². The topological polar surface area (TPSA) is 203 Å². The fourth-order valence-corrected chi connectivity index (χ4v) is 3.54. The molecule has 14 nitrogen and oxygen atoms in total. The maximum absolute atomic E-state index is 13.5. The predicted octanol–water partition coefficient (Wildman–Crippen LogP) is -2.47. The molecule has 0 aliphatic carbocycles. The molecule has 0 spiro atoms. The summed E-state index contributed by atoms with van der Waals surface area (Å²) in [5, 5.41) is 25.3. The Kier molecular flexibility index (Phi) is 10.0. The molecule has 0 saturated heterocycles. The van der Waals surface area contributed by atoms with Gasteiger partial charge in [-0.25, -0.2) is 0 Å². The van der Waals surface area contributed by atoms with E-state index in [9.17, 15) is 38.7 Å². The molecular formula is C22H27N5O9. The SMILES string of the molecule is CC(=O)NCC(=O)N[C@H]1CCN(C(=O)CO)c2ccccc2N(CC(=O)N[C@H](C=O)CC(=O)O)C1=O. The van der Waals surface area contributed by atoms with E-state index in [0.29, 0.717) is 0 Å². The molecule has 1 aromatic rings. The molecule has 5 amide bonds. The van der Waals surface area contributed by atoms with Crippen LogP contribution in [0.3, 0.4) is 0 Å². The van der Waals surface area contributed by atoms with E-state index in [1.165, 1.54) is 24.0 Å². The van der Waals surface area contributed by atoms with Crippen LogP contribution in [0.2, 0.25) is 0 Å². The third-order valence-corrected chi connectivity index (χ3v) is 5.15. The van der Waals surface area contributed by atoms with Gasteiger partial charge < -0.3 is 35.9 Å². The third-order valence-electron chi connectivity index (χ3n) is 5.15. The number of para-hydroxylation sites is 2. The molecule has 0 aromatic heterocycles. The Morgan fingerprint density at radius 2 is 1.81 bits per heavy atom. The lowest BCUT2D eigenvalue weighted by molar-refractivity contribution is -0.139. The van der Waals surface area contributed by atoms with E-state index in [4.69, 9.17) is 5.11 Å². The summed E-state index contributed by atoms with van der Waals surface area (Å²) in [5.74, 6) is -4.74. The van der Waals surface area contributed by atoms with Crippen molar-refractivity contribution in [2.24, 2.45) is 0 Å². The number of aliphatic carboxylic acids is 1. The zero-order valence-corrected chi connectivity index (χ0v) is 19.4. The van der Waals surface area contributed by atoms with E-state index in [1.807, 2.05) is 0 Å². The second-order valence-electron chi connectivity index (χ2n) is 7.84. The van der Waals surface area contributed by atoms with Crippen LogP contribution in [0.4, 0.5) is 11.4 Å². The molecule has 0 saturated carbocycles. The second-order valence-corrected chi connectivity index (χ2v) is 7.84.